The van der Waals surface area contributed by atoms with E-state index < -0.39 is 0 Å². The second-order valence-electron chi connectivity index (χ2n) is 35.6. The van der Waals surface area contributed by atoms with Gasteiger partial charge in [0.05, 0.1) is 22.7 Å². The number of benzene rings is 14. The summed E-state index contributed by atoms with van der Waals surface area (Å²) in [5.74, 6) is 1.79. The largest absolute Gasteiger partial charge is 0.458 e. The van der Waals surface area contributed by atoms with Crippen LogP contribution in [0.4, 0.5) is 79.6 Å². The van der Waals surface area contributed by atoms with E-state index in [2.05, 4.69) is 364 Å². The molecule has 0 spiro atoms. The molecule has 554 valence electrons. The molecule has 0 bridgehead atoms. The molecule has 14 aromatic carbocycles. The van der Waals surface area contributed by atoms with Gasteiger partial charge in [-0.15, -0.1) is 0 Å². The van der Waals surface area contributed by atoms with E-state index >= 15 is 0 Å². The summed E-state index contributed by atoms with van der Waals surface area (Å²) in [5.41, 5.74) is 60.3. The van der Waals surface area contributed by atoms with Crippen LogP contribution in [0.5, 0.6) is 11.5 Å². The van der Waals surface area contributed by atoms with E-state index in [0.717, 1.165) is 34.1 Å². The first-order chi connectivity index (χ1) is 54.7. The fraction of sp³-hybridized carbons (Fsp3) is 0.200. The van der Waals surface area contributed by atoms with Crippen molar-refractivity contribution in [1.29, 1.82) is 0 Å². The lowest BCUT2D eigenvalue weighted by Gasteiger charge is -2.49. The van der Waals surface area contributed by atoms with E-state index in [9.17, 15) is 0 Å². The van der Waals surface area contributed by atoms with Gasteiger partial charge in [0.2, 0.25) is 0 Å². The lowest BCUT2D eigenvalue weighted by atomic mass is 9.29. The number of fused-ring (bicyclic) bond motifs is 14. The summed E-state index contributed by atoms with van der Waals surface area (Å²) in [5, 5.41) is 4.41. The second kappa shape index (κ2) is 24.5. The van der Waals surface area contributed by atoms with Crippen LogP contribution in [0.25, 0.3) is 33.4 Å². The number of ether oxygens (including phenoxy) is 1. The smallest absolute Gasteiger partial charge is 0.256 e. The number of hydrogen-bond acceptors (Lipinski definition) is 6. The van der Waals surface area contributed by atoms with Gasteiger partial charge in [-0.2, -0.15) is 0 Å². The summed E-state index contributed by atoms with van der Waals surface area (Å²) in [6.07, 6.45) is 0. The zero-order valence-electron chi connectivity index (χ0n) is 69.5. The van der Waals surface area contributed by atoms with Crippen LogP contribution in [0.2, 0.25) is 0 Å². The number of nitrogens with one attached hydrogen (secondary N) is 1. The van der Waals surface area contributed by atoms with Gasteiger partial charge in [-0.05, 0) is 346 Å². The van der Waals surface area contributed by atoms with Gasteiger partial charge in [-0.3, -0.25) is 0 Å². The maximum Gasteiger partial charge on any atom is 0.256 e. The van der Waals surface area contributed by atoms with E-state index in [1.807, 2.05) is 0 Å². The second-order valence-corrected chi connectivity index (χ2v) is 35.6. The average Bonchev–Trinajstić information content (AvgIpc) is 0.677. The van der Waals surface area contributed by atoms with Crippen molar-refractivity contribution in [2.24, 2.45) is 0 Å². The van der Waals surface area contributed by atoms with Crippen LogP contribution in [-0.4, -0.2) is 20.1 Å². The summed E-state index contributed by atoms with van der Waals surface area (Å²) in [6, 6.07) is 79.9. The maximum atomic E-state index is 7.49. The molecule has 0 aliphatic carbocycles. The molecule has 0 atom stereocenters. The summed E-state index contributed by atoms with van der Waals surface area (Å²) in [6.45, 7) is 45.6. The molecule has 0 fully saturated rings. The first kappa shape index (κ1) is 70.0. The van der Waals surface area contributed by atoms with Crippen molar-refractivity contribution in [2.45, 2.75) is 144 Å². The van der Waals surface area contributed by atoms with E-state index in [1.165, 1.54) is 251 Å². The Bertz CT molecular complexity index is 6610. The quantitative estimate of drug-likeness (QED) is 0.167. The number of hydrogen-bond donors (Lipinski definition) is 1. The Labute approximate surface area is 674 Å². The molecule has 14 aromatic rings. The third-order valence-electron chi connectivity index (χ3n) is 26.9. The van der Waals surface area contributed by atoms with E-state index in [0.29, 0.717) is 0 Å². The number of anilines is 14. The van der Waals surface area contributed by atoms with Crippen LogP contribution in [0.1, 0.15) is 125 Å². The molecule has 0 saturated heterocycles. The van der Waals surface area contributed by atoms with Crippen LogP contribution in [0.3, 0.4) is 0 Å². The average molecular weight is 1470 g/mol. The molecule has 114 heavy (non-hydrogen) atoms. The minimum atomic E-state index is -0.296. The van der Waals surface area contributed by atoms with E-state index in [-0.39, 0.29) is 25.6 Å². The molecular formula is C105H94B3N5O. The van der Waals surface area contributed by atoms with Gasteiger partial charge in [0.25, 0.3) is 20.1 Å². The lowest BCUT2D eigenvalue weighted by Crippen LogP contribution is -2.66. The van der Waals surface area contributed by atoms with Crippen molar-refractivity contribution < 1.29 is 4.74 Å². The van der Waals surface area contributed by atoms with E-state index in [4.69, 9.17) is 4.74 Å². The van der Waals surface area contributed by atoms with Crippen LogP contribution in [0.15, 0.2) is 200 Å². The number of rotatable bonds is 6. The Morgan fingerprint density at radius 2 is 0.614 bits per heavy atom. The molecule has 7 aliphatic heterocycles. The number of para-hydroxylation sites is 3. The van der Waals surface area contributed by atoms with Crippen LogP contribution < -0.4 is 78.8 Å². The molecule has 0 saturated carbocycles. The normalized spacial score (nSPS) is 14.2. The highest BCUT2D eigenvalue weighted by atomic mass is 16.5. The third-order valence-corrected chi connectivity index (χ3v) is 26.9. The summed E-state index contributed by atoms with van der Waals surface area (Å²) in [7, 11) is 0. The van der Waals surface area contributed by atoms with Gasteiger partial charge < -0.3 is 29.7 Å². The Morgan fingerprint density at radius 1 is 0.254 bits per heavy atom. The molecule has 7 heterocycles. The van der Waals surface area contributed by atoms with E-state index in [1.54, 1.807) is 0 Å². The van der Waals surface area contributed by atoms with Crippen molar-refractivity contribution in [1.82, 2.24) is 0 Å². The highest BCUT2D eigenvalue weighted by molar-refractivity contribution is 7.04. The topological polar surface area (TPSA) is 34.2 Å². The first-order valence-corrected chi connectivity index (χ1v) is 41.0. The standard InChI is InChI=1S/C105H94B3N5O/c1-54-32-60(7)95(61(8)33-54)72-44-84-98-89(45-72)110-85-30-23-21-26-75(85)105(19,20)76-27-25-29-78(104(76)110)107(98)79-50-80-86(52-83(79)109-84)111(101-66(13)38-57(4)39-67(101)14)90-46-73(96-62(9)34-55(2)35-63(96)10)47-91-99(90)108(80)82-51-81-87(53-88(82)112(91)102-68(15)40-58(5)41-69(102)16)113(103-70(17)42-59(6)43-71(103)18)92-48-74(97-64(11)36-56(3)37-65(97)12)49-94-100(92)106(81)77-28-22-24-31-93(77)114-94/h21-53,109H,1-20H3. The Hall–Kier alpha value is -11.9. The third kappa shape index (κ3) is 9.83. The molecule has 0 amide bonds. The summed E-state index contributed by atoms with van der Waals surface area (Å²) in [4.78, 5) is 10.8. The van der Waals surface area contributed by atoms with Crippen LogP contribution in [-0.2, 0) is 5.41 Å². The van der Waals surface area contributed by atoms with Gasteiger partial charge in [-0.1, -0.05) is 187 Å². The first-order valence-electron chi connectivity index (χ1n) is 41.0. The molecule has 0 radical (unpaired) electrons. The van der Waals surface area contributed by atoms with Crippen molar-refractivity contribution in [3.8, 4) is 44.9 Å². The van der Waals surface area contributed by atoms with Crippen molar-refractivity contribution in [3.63, 3.8) is 0 Å². The highest BCUT2D eigenvalue weighted by Gasteiger charge is 2.53. The summed E-state index contributed by atoms with van der Waals surface area (Å²) >= 11 is 0. The summed E-state index contributed by atoms with van der Waals surface area (Å²) < 4.78 is 7.49. The van der Waals surface area contributed by atoms with Gasteiger partial charge >= 0.3 is 0 Å². The lowest BCUT2D eigenvalue weighted by molar-refractivity contribution is 0.487. The van der Waals surface area contributed by atoms with Gasteiger partial charge in [0.15, 0.2) is 0 Å². The molecule has 21 rings (SSSR count). The predicted octanol–water partition coefficient (Wildman–Crippen LogP) is 21.7. The highest BCUT2D eigenvalue weighted by Crippen LogP contribution is 2.57. The Kier molecular flexibility index (Phi) is 15.1. The molecular weight excluding hydrogens is 1380 g/mol. The predicted molar refractivity (Wildman–Crippen MR) is 489 cm³/mol. The van der Waals surface area contributed by atoms with Crippen molar-refractivity contribution in [3.05, 3.63) is 311 Å². The fourth-order valence-electron chi connectivity index (χ4n) is 23.3. The monoisotopic (exact) mass is 1470 g/mol. The van der Waals surface area contributed by atoms with Gasteiger partial charge in [0, 0.05) is 62.3 Å². The molecule has 0 unspecified atom stereocenters. The van der Waals surface area contributed by atoms with Crippen molar-refractivity contribution in [2.75, 3.05) is 24.9 Å². The van der Waals surface area contributed by atoms with Gasteiger partial charge in [0.1, 0.15) is 11.5 Å². The molecule has 7 aliphatic rings. The zero-order chi connectivity index (χ0) is 78.7. The van der Waals surface area contributed by atoms with Crippen molar-refractivity contribution >= 4 is 149 Å². The van der Waals surface area contributed by atoms with Crippen LogP contribution in [0, 0.1) is 125 Å². The van der Waals surface area contributed by atoms with Gasteiger partial charge in [-0.25, -0.2) is 0 Å². The SMILES string of the molecule is Cc1cc(C)c(-c2cc3c4c(c2)N2c5ccccc5C(C)(C)c5cccc(c52)B4c2cc4c(cc2N3)N(c2c(C)cc(C)cc2C)c2cc(-c3c(C)cc(C)cc3C)cc3c2B4c2cc4c(cc2N3c2c(C)cc(C)cc2C)N(c2c(C)cc(C)cc2C)c2cc(-c3c(C)cc(C)cc3C)cc3c2B4c2ccccc2O3)c(C)c1. The Balaban J connectivity index is 0.924. The van der Waals surface area contributed by atoms with Crippen LogP contribution >= 0.6 is 0 Å². The maximum absolute atomic E-state index is 7.49. The molecule has 0 aromatic heterocycles. The number of aryl methyl sites for hydroxylation is 18. The fourth-order valence-corrected chi connectivity index (χ4v) is 23.3. The number of nitrogens with zero attached hydrogens (tertiary/aromatic N) is 4. The molecule has 9 heteroatoms. The molecule has 6 nitrogen and oxygen atoms in total. The Morgan fingerprint density at radius 3 is 1.11 bits per heavy atom. The molecule has 1 N–H and O–H groups in total. The minimum Gasteiger partial charge on any atom is -0.458 e. The minimum absolute atomic E-state index is 0.147. The zero-order valence-corrected chi connectivity index (χ0v) is 69.5.